The van der Waals surface area contributed by atoms with E-state index >= 15 is 0 Å². The highest BCUT2D eigenvalue weighted by Gasteiger charge is 2.15. The van der Waals surface area contributed by atoms with E-state index in [1.807, 2.05) is 6.92 Å². The van der Waals surface area contributed by atoms with Gasteiger partial charge in [0.1, 0.15) is 5.15 Å². The molecule has 0 aliphatic rings. The highest BCUT2D eigenvalue weighted by atomic mass is 35.5. The van der Waals surface area contributed by atoms with Gasteiger partial charge in [-0.05, 0) is 12.5 Å². The molecule has 1 aromatic rings. The van der Waals surface area contributed by atoms with E-state index < -0.39 is 7.12 Å². The zero-order chi connectivity index (χ0) is 9.14. The summed E-state index contributed by atoms with van der Waals surface area (Å²) >= 11 is 5.63. The van der Waals surface area contributed by atoms with Gasteiger partial charge in [0.15, 0.2) is 0 Å². The summed E-state index contributed by atoms with van der Waals surface area (Å²) in [5.74, 6) is 0. The zero-order valence-electron chi connectivity index (χ0n) is 6.66. The van der Waals surface area contributed by atoms with Crippen LogP contribution in [0.3, 0.4) is 0 Å². The molecule has 3 nitrogen and oxygen atoms in total. The zero-order valence-corrected chi connectivity index (χ0v) is 7.41. The monoisotopic (exact) mass is 185 g/mol. The van der Waals surface area contributed by atoms with Gasteiger partial charge in [0.2, 0.25) is 0 Å². The Bertz CT molecular complexity index is 280. The van der Waals surface area contributed by atoms with Crippen molar-refractivity contribution in [1.82, 2.24) is 4.98 Å². The summed E-state index contributed by atoms with van der Waals surface area (Å²) in [6, 6.07) is 3.11. The van der Waals surface area contributed by atoms with Gasteiger partial charge in [0, 0.05) is 11.2 Å². The summed E-state index contributed by atoms with van der Waals surface area (Å²) < 4.78 is 0. The minimum Gasteiger partial charge on any atom is -0.423 e. The number of halogens is 1. The average molecular weight is 185 g/mol. The molecule has 64 valence electrons. The smallest absolute Gasteiger partial charge is 0.423 e. The normalized spacial score (nSPS) is 10.0. The second-order valence-electron chi connectivity index (χ2n) is 2.40. The van der Waals surface area contributed by atoms with Crippen molar-refractivity contribution in [3.8, 4) is 0 Å². The molecular weight excluding hydrogens is 176 g/mol. The third kappa shape index (κ3) is 1.97. The van der Waals surface area contributed by atoms with E-state index in [0.717, 1.165) is 0 Å². The summed E-state index contributed by atoms with van der Waals surface area (Å²) in [4.78, 5) is 3.96. The van der Waals surface area contributed by atoms with Crippen molar-refractivity contribution >= 4 is 24.2 Å². The molecule has 0 unspecified atom stereocenters. The molecule has 0 atom stereocenters. The van der Waals surface area contributed by atoms with Crippen LogP contribution < -0.4 is 5.46 Å². The molecule has 0 aliphatic carbocycles. The summed E-state index contributed by atoms with van der Waals surface area (Å²) in [6.07, 6.45) is 0.632. The molecule has 0 aliphatic heterocycles. The molecule has 0 bridgehead atoms. The van der Waals surface area contributed by atoms with Crippen LogP contribution in [-0.4, -0.2) is 22.2 Å². The van der Waals surface area contributed by atoms with Crippen LogP contribution in [0.1, 0.15) is 12.6 Å². The summed E-state index contributed by atoms with van der Waals surface area (Å²) in [5, 5.41) is 18.2. The Kier molecular flexibility index (Phi) is 3.09. The molecule has 0 amide bonds. The third-order valence-corrected chi connectivity index (χ3v) is 1.80. The first kappa shape index (κ1) is 9.51. The molecule has 0 fully saturated rings. The van der Waals surface area contributed by atoms with Gasteiger partial charge in [-0.2, -0.15) is 0 Å². The fourth-order valence-electron chi connectivity index (χ4n) is 1.00. The number of pyridine rings is 1. The molecule has 1 heterocycles. The maximum atomic E-state index is 8.90. The predicted molar refractivity (Wildman–Crippen MR) is 48.5 cm³/mol. The second-order valence-corrected chi connectivity index (χ2v) is 2.78. The standard InChI is InChI=1S/C7H9BClNO2/c1-2-6-5(8(11)12)3-4-7(9)10-6/h3-4,11-12H,2H2,1H3. The van der Waals surface area contributed by atoms with E-state index in [4.69, 9.17) is 21.6 Å². The fourth-order valence-corrected chi connectivity index (χ4v) is 1.17. The van der Waals surface area contributed by atoms with E-state index in [-0.39, 0.29) is 0 Å². The van der Waals surface area contributed by atoms with Crippen LogP contribution in [0.4, 0.5) is 0 Å². The van der Waals surface area contributed by atoms with Crippen molar-refractivity contribution in [1.29, 1.82) is 0 Å². The van der Waals surface area contributed by atoms with Gasteiger partial charge in [-0.3, -0.25) is 0 Å². The molecule has 5 heteroatoms. The molecule has 0 saturated heterocycles. The van der Waals surface area contributed by atoms with Crippen LogP contribution in [0.5, 0.6) is 0 Å². The van der Waals surface area contributed by atoms with Crippen molar-refractivity contribution in [2.75, 3.05) is 0 Å². The Morgan fingerprint density at radius 1 is 1.50 bits per heavy atom. The molecule has 12 heavy (non-hydrogen) atoms. The number of aryl methyl sites for hydroxylation is 1. The summed E-state index contributed by atoms with van der Waals surface area (Å²) in [7, 11) is -1.47. The van der Waals surface area contributed by atoms with Crippen molar-refractivity contribution < 1.29 is 10.0 Å². The highest BCUT2D eigenvalue weighted by molar-refractivity contribution is 6.59. The number of hydrogen-bond acceptors (Lipinski definition) is 3. The first-order valence-electron chi connectivity index (χ1n) is 3.66. The van der Waals surface area contributed by atoms with Crippen LogP contribution in [0, 0.1) is 0 Å². The Hall–Kier alpha value is -0.575. The van der Waals surface area contributed by atoms with E-state index in [2.05, 4.69) is 4.98 Å². The number of aromatic nitrogens is 1. The van der Waals surface area contributed by atoms with Gasteiger partial charge in [0.25, 0.3) is 0 Å². The van der Waals surface area contributed by atoms with Gasteiger partial charge in [-0.15, -0.1) is 0 Å². The fraction of sp³-hybridized carbons (Fsp3) is 0.286. The van der Waals surface area contributed by atoms with Gasteiger partial charge < -0.3 is 10.0 Å². The number of rotatable bonds is 2. The van der Waals surface area contributed by atoms with E-state index in [1.54, 1.807) is 6.07 Å². The number of hydrogen-bond donors (Lipinski definition) is 2. The lowest BCUT2D eigenvalue weighted by molar-refractivity contribution is 0.425. The van der Waals surface area contributed by atoms with Crippen LogP contribution >= 0.6 is 11.6 Å². The Morgan fingerprint density at radius 2 is 2.17 bits per heavy atom. The maximum Gasteiger partial charge on any atom is 0.490 e. The summed E-state index contributed by atoms with van der Waals surface area (Å²) in [5.41, 5.74) is 1.04. The largest absolute Gasteiger partial charge is 0.490 e. The van der Waals surface area contributed by atoms with Gasteiger partial charge in [-0.1, -0.05) is 24.6 Å². The van der Waals surface area contributed by atoms with E-state index in [9.17, 15) is 0 Å². The average Bonchev–Trinajstić information content (AvgIpc) is 2.03. The van der Waals surface area contributed by atoms with Gasteiger partial charge in [-0.25, -0.2) is 4.98 Å². The van der Waals surface area contributed by atoms with Crippen molar-refractivity contribution in [2.24, 2.45) is 0 Å². The maximum absolute atomic E-state index is 8.90. The topological polar surface area (TPSA) is 53.4 Å². The summed E-state index contributed by atoms with van der Waals surface area (Å²) in [6.45, 7) is 1.88. The van der Waals surface area contributed by atoms with Crippen LogP contribution in [0.15, 0.2) is 12.1 Å². The molecule has 0 spiro atoms. The Labute approximate surface area is 76.2 Å². The lowest BCUT2D eigenvalue weighted by atomic mass is 9.78. The highest BCUT2D eigenvalue weighted by Crippen LogP contribution is 2.04. The first-order valence-corrected chi connectivity index (χ1v) is 4.04. The molecule has 1 aromatic heterocycles. The van der Waals surface area contributed by atoms with Crippen LogP contribution in [-0.2, 0) is 6.42 Å². The molecular formula is C7H9BClNO2. The van der Waals surface area contributed by atoms with Crippen LogP contribution in [0.25, 0.3) is 0 Å². The Balaban J connectivity index is 3.11. The molecule has 1 rings (SSSR count). The number of nitrogens with zero attached hydrogens (tertiary/aromatic N) is 1. The quantitative estimate of drug-likeness (QED) is 0.503. The lowest BCUT2D eigenvalue weighted by Crippen LogP contribution is -2.33. The predicted octanol–water partition coefficient (Wildman–Crippen LogP) is -0.0228. The van der Waals surface area contributed by atoms with Crippen molar-refractivity contribution in [2.45, 2.75) is 13.3 Å². The van der Waals surface area contributed by atoms with Gasteiger partial charge >= 0.3 is 7.12 Å². The van der Waals surface area contributed by atoms with Crippen molar-refractivity contribution in [3.63, 3.8) is 0 Å². The Morgan fingerprint density at radius 3 is 2.67 bits per heavy atom. The first-order chi connectivity index (χ1) is 5.65. The second kappa shape index (κ2) is 3.89. The van der Waals surface area contributed by atoms with Crippen molar-refractivity contribution in [3.05, 3.63) is 23.0 Å². The van der Waals surface area contributed by atoms with Gasteiger partial charge in [0.05, 0.1) is 0 Å². The SMILES string of the molecule is CCc1nc(Cl)ccc1B(O)O. The molecule has 0 aromatic carbocycles. The lowest BCUT2D eigenvalue weighted by Gasteiger charge is -2.04. The van der Waals surface area contributed by atoms with E-state index in [1.165, 1.54) is 6.07 Å². The minimum atomic E-state index is -1.47. The molecule has 2 N–H and O–H groups in total. The third-order valence-electron chi connectivity index (χ3n) is 1.59. The van der Waals surface area contributed by atoms with Crippen LogP contribution in [0.2, 0.25) is 5.15 Å². The van der Waals surface area contributed by atoms with E-state index in [0.29, 0.717) is 22.7 Å². The minimum absolute atomic E-state index is 0.372. The molecule has 0 radical (unpaired) electrons. The molecule has 0 saturated carbocycles.